The Morgan fingerprint density at radius 2 is 2.30 bits per heavy atom. The highest BCUT2D eigenvalue weighted by atomic mass is 16.5. The molecule has 0 aromatic heterocycles. The molecule has 2 aliphatic heterocycles. The third kappa shape index (κ3) is 2.99. The largest absolute Gasteiger partial charge is 0.496 e. The molecule has 0 aliphatic carbocycles. The average Bonchev–Trinajstić information content (AvgIpc) is 3.00. The van der Waals surface area contributed by atoms with Crippen molar-refractivity contribution in [2.24, 2.45) is 0 Å². The van der Waals surface area contributed by atoms with Gasteiger partial charge >= 0.3 is 0 Å². The summed E-state index contributed by atoms with van der Waals surface area (Å²) in [5, 5.41) is 3.66. The topological polar surface area (TPSA) is 30.5 Å². The smallest absolute Gasteiger partial charge is 0.122 e. The van der Waals surface area contributed by atoms with Crippen LogP contribution in [0.3, 0.4) is 0 Å². The lowest BCUT2D eigenvalue weighted by Crippen LogP contribution is -2.30. The van der Waals surface area contributed by atoms with Crippen molar-refractivity contribution >= 4 is 0 Å². The van der Waals surface area contributed by atoms with Crippen LogP contribution in [0.15, 0.2) is 18.2 Å². The predicted octanol–water partition coefficient (Wildman–Crippen LogP) is 3.23. The number of benzene rings is 1. The third-order valence-corrected chi connectivity index (χ3v) is 4.57. The van der Waals surface area contributed by atoms with Gasteiger partial charge < -0.3 is 14.8 Å². The zero-order chi connectivity index (χ0) is 13.8. The summed E-state index contributed by atoms with van der Waals surface area (Å²) < 4.78 is 11.2. The highest BCUT2D eigenvalue weighted by Crippen LogP contribution is 2.33. The van der Waals surface area contributed by atoms with Crippen LogP contribution in [0.5, 0.6) is 5.75 Å². The van der Waals surface area contributed by atoms with Crippen LogP contribution in [0.2, 0.25) is 0 Å². The van der Waals surface area contributed by atoms with Gasteiger partial charge in [0.2, 0.25) is 0 Å². The van der Waals surface area contributed by atoms with Crippen LogP contribution >= 0.6 is 0 Å². The van der Waals surface area contributed by atoms with Crippen LogP contribution in [0.4, 0.5) is 0 Å². The second-order valence-corrected chi connectivity index (χ2v) is 5.85. The molecule has 1 fully saturated rings. The Morgan fingerprint density at radius 1 is 1.35 bits per heavy atom. The van der Waals surface area contributed by atoms with Crippen molar-refractivity contribution in [1.82, 2.24) is 5.32 Å². The van der Waals surface area contributed by atoms with Crippen LogP contribution in [0, 0.1) is 0 Å². The summed E-state index contributed by atoms with van der Waals surface area (Å²) in [5.41, 5.74) is 2.83. The maximum absolute atomic E-state index is 5.71. The van der Waals surface area contributed by atoms with Gasteiger partial charge in [0.05, 0.1) is 13.2 Å². The van der Waals surface area contributed by atoms with E-state index in [9.17, 15) is 0 Å². The molecular weight excluding hydrogens is 250 g/mol. The van der Waals surface area contributed by atoms with E-state index in [0.29, 0.717) is 12.1 Å². The molecule has 2 aliphatic rings. The van der Waals surface area contributed by atoms with E-state index in [1.165, 1.54) is 43.2 Å². The summed E-state index contributed by atoms with van der Waals surface area (Å²) in [4.78, 5) is 0. The minimum absolute atomic E-state index is 0.482. The van der Waals surface area contributed by atoms with Gasteiger partial charge in [-0.3, -0.25) is 0 Å². The SMILES string of the molecule is COc1cccc2c1CCNC2CCCC1CCCO1. The highest BCUT2D eigenvalue weighted by Gasteiger charge is 2.22. The maximum atomic E-state index is 5.71. The lowest BCUT2D eigenvalue weighted by molar-refractivity contribution is 0.101. The summed E-state index contributed by atoms with van der Waals surface area (Å²) in [6.45, 7) is 2.02. The van der Waals surface area contributed by atoms with Crippen molar-refractivity contribution in [3.8, 4) is 5.75 Å². The first kappa shape index (κ1) is 13.9. The fourth-order valence-electron chi connectivity index (χ4n) is 3.53. The van der Waals surface area contributed by atoms with Crippen LogP contribution in [-0.2, 0) is 11.2 Å². The molecular formula is C17H25NO2. The Labute approximate surface area is 121 Å². The van der Waals surface area contributed by atoms with E-state index < -0.39 is 0 Å². The summed E-state index contributed by atoms with van der Waals surface area (Å²) in [5.74, 6) is 1.05. The van der Waals surface area contributed by atoms with Gasteiger partial charge in [-0.05, 0) is 56.7 Å². The van der Waals surface area contributed by atoms with E-state index in [2.05, 4.69) is 23.5 Å². The first-order chi connectivity index (χ1) is 9.88. The molecule has 1 aromatic rings. The molecule has 110 valence electrons. The molecule has 0 bridgehead atoms. The number of hydrogen-bond donors (Lipinski definition) is 1. The number of fused-ring (bicyclic) bond motifs is 1. The molecule has 1 N–H and O–H groups in total. The van der Waals surface area contributed by atoms with Gasteiger partial charge in [-0.1, -0.05) is 12.1 Å². The van der Waals surface area contributed by atoms with E-state index in [0.717, 1.165) is 25.3 Å². The standard InChI is InChI=1S/C17H25NO2/c1-19-17-9-3-7-14-15(17)10-11-18-16(14)8-2-5-13-6-4-12-20-13/h3,7,9,13,16,18H,2,4-6,8,10-12H2,1H3. The van der Waals surface area contributed by atoms with Crippen molar-refractivity contribution in [2.45, 2.75) is 50.7 Å². The third-order valence-electron chi connectivity index (χ3n) is 4.57. The predicted molar refractivity (Wildman–Crippen MR) is 80.3 cm³/mol. The van der Waals surface area contributed by atoms with E-state index in [1.807, 2.05) is 0 Å². The van der Waals surface area contributed by atoms with Gasteiger partial charge in [0.1, 0.15) is 5.75 Å². The summed E-state index contributed by atoms with van der Waals surface area (Å²) in [6.07, 6.45) is 7.72. The molecule has 2 heterocycles. The van der Waals surface area contributed by atoms with Gasteiger partial charge in [0, 0.05) is 18.2 Å². The number of hydrogen-bond acceptors (Lipinski definition) is 3. The zero-order valence-electron chi connectivity index (χ0n) is 12.4. The molecule has 2 unspecified atom stereocenters. The van der Waals surface area contributed by atoms with Gasteiger partial charge in [0.15, 0.2) is 0 Å². The van der Waals surface area contributed by atoms with Crippen molar-refractivity contribution in [2.75, 3.05) is 20.3 Å². The Bertz CT molecular complexity index is 441. The van der Waals surface area contributed by atoms with Crippen LogP contribution < -0.4 is 10.1 Å². The molecule has 1 aromatic carbocycles. The lowest BCUT2D eigenvalue weighted by Gasteiger charge is -2.28. The molecule has 0 radical (unpaired) electrons. The van der Waals surface area contributed by atoms with E-state index in [1.54, 1.807) is 7.11 Å². The molecule has 20 heavy (non-hydrogen) atoms. The highest BCUT2D eigenvalue weighted by molar-refractivity contribution is 5.43. The number of methoxy groups -OCH3 is 1. The van der Waals surface area contributed by atoms with Gasteiger partial charge in [-0.2, -0.15) is 0 Å². The van der Waals surface area contributed by atoms with Crippen LogP contribution in [0.25, 0.3) is 0 Å². The fraction of sp³-hybridized carbons (Fsp3) is 0.647. The van der Waals surface area contributed by atoms with Crippen LogP contribution in [0.1, 0.15) is 49.3 Å². The molecule has 0 spiro atoms. The van der Waals surface area contributed by atoms with E-state index >= 15 is 0 Å². The number of ether oxygens (including phenoxy) is 2. The van der Waals surface area contributed by atoms with Crippen molar-refractivity contribution in [1.29, 1.82) is 0 Å². The second kappa shape index (κ2) is 6.59. The van der Waals surface area contributed by atoms with Crippen molar-refractivity contribution in [3.05, 3.63) is 29.3 Å². The first-order valence-corrected chi connectivity index (χ1v) is 7.89. The molecule has 0 amide bonds. The minimum atomic E-state index is 0.482. The van der Waals surface area contributed by atoms with E-state index in [-0.39, 0.29) is 0 Å². The van der Waals surface area contributed by atoms with Gasteiger partial charge in [-0.25, -0.2) is 0 Å². The van der Waals surface area contributed by atoms with Crippen molar-refractivity contribution < 1.29 is 9.47 Å². The minimum Gasteiger partial charge on any atom is -0.496 e. The summed E-state index contributed by atoms with van der Waals surface area (Å²) >= 11 is 0. The van der Waals surface area contributed by atoms with Gasteiger partial charge in [-0.15, -0.1) is 0 Å². The van der Waals surface area contributed by atoms with Crippen molar-refractivity contribution in [3.63, 3.8) is 0 Å². The zero-order valence-corrected chi connectivity index (χ0v) is 12.4. The fourth-order valence-corrected chi connectivity index (χ4v) is 3.53. The Hall–Kier alpha value is -1.06. The normalized spacial score (nSPS) is 25.4. The first-order valence-electron chi connectivity index (χ1n) is 7.89. The number of rotatable bonds is 5. The average molecular weight is 275 g/mol. The Morgan fingerprint density at radius 3 is 3.10 bits per heavy atom. The number of nitrogens with one attached hydrogen (secondary N) is 1. The molecule has 2 atom stereocenters. The maximum Gasteiger partial charge on any atom is 0.122 e. The van der Waals surface area contributed by atoms with Gasteiger partial charge in [0.25, 0.3) is 0 Å². The molecule has 1 saturated heterocycles. The Kier molecular flexibility index (Phi) is 4.58. The molecule has 0 saturated carbocycles. The summed E-state index contributed by atoms with van der Waals surface area (Å²) in [7, 11) is 1.77. The van der Waals surface area contributed by atoms with Crippen LogP contribution in [-0.4, -0.2) is 26.4 Å². The second-order valence-electron chi connectivity index (χ2n) is 5.85. The van der Waals surface area contributed by atoms with E-state index in [4.69, 9.17) is 9.47 Å². The Balaban J connectivity index is 1.61. The molecule has 3 heteroatoms. The lowest BCUT2D eigenvalue weighted by atomic mass is 9.90. The molecule has 3 rings (SSSR count). The molecule has 3 nitrogen and oxygen atoms in total. The quantitative estimate of drug-likeness (QED) is 0.895. The monoisotopic (exact) mass is 275 g/mol. The summed E-state index contributed by atoms with van der Waals surface area (Å²) in [6, 6.07) is 6.92.